The second kappa shape index (κ2) is 10.7. The first-order valence-corrected chi connectivity index (χ1v) is 12.7. The van der Waals surface area contributed by atoms with Gasteiger partial charge >= 0.3 is 5.97 Å². The molecule has 0 atom stereocenters. The highest BCUT2D eigenvalue weighted by Gasteiger charge is 2.29. The molecule has 0 unspecified atom stereocenters. The molecule has 182 valence electrons. The molecule has 0 radical (unpaired) electrons. The van der Waals surface area contributed by atoms with Gasteiger partial charge in [0.05, 0.1) is 16.1 Å². The maximum atomic E-state index is 13.2. The molecule has 0 aliphatic carbocycles. The highest BCUT2D eigenvalue weighted by Crippen LogP contribution is 2.31. The fourth-order valence-corrected chi connectivity index (χ4v) is 5.44. The summed E-state index contributed by atoms with van der Waals surface area (Å²) in [5.41, 5.74) is 2.67. The number of benzene rings is 3. The molecule has 0 spiro atoms. The SMILES string of the molecule is O=C(COC(=O)c1ccc(S(=O)(=O)N2CCCc3ccccc32)cc1)NCCc1ccc(F)cc1. The van der Waals surface area contributed by atoms with Crippen LogP contribution in [0.15, 0.2) is 77.7 Å². The zero-order valence-electron chi connectivity index (χ0n) is 18.9. The van der Waals surface area contributed by atoms with Gasteiger partial charge in [0.1, 0.15) is 5.82 Å². The van der Waals surface area contributed by atoms with E-state index in [0.29, 0.717) is 25.2 Å². The van der Waals surface area contributed by atoms with E-state index in [1.54, 1.807) is 18.2 Å². The molecule has 35 heavy (non-hydrogen) atoms. The molecule has 1 N–H and O–H groups in total. The number of anilines is 1. The van der Waals surface area contributed by atoms with Crippen LogP contribution in [0.2, 0.25) is 0 Å². The number of nitrogens with zero attached hydrogens (tertiary/aromatic N) is 1. The number of hydrogen-bond acceptors (Lipinski definition) is 5. The molecule has 3 aromatic rings. The predicted molar refractivity (Wildman–Crippen MR) is 129 cm³/mol. The Hall–Kier alpha value is -3.72. The summed E-state index contributed by atoms with van der Waals surface area (Å²) < 4.78 is 45.8. The third-order valence-corrected chi connectivity index (χ3v) is 7.56. The molecule has 0 saturated carbocycles. The van der Waals surface area contributed by atoms with Crippen LogP contribution in [0.4, 0.5) is 10.1 Å². The van der Waals surface area contributed by atoms with Crippen molar-refractivity contribution in [3.63, 3.8) is 0 Å². The number of halogens is 1. The molecule has 0 aromatic heterocycles. The zero-order valence-corrected chi connectivity index (χ0v) is 19.8. The summed E-state index contributed by atoms with van der Waals surface area (Å²) in [6.07, 6.45) is 2.07. The van der Waals surface area contributed by atoms with E-state index in [1.165, 1.54) is 40.7 Å². The van der Waals surface area contributed by atoms with Crippen LogP contribution in [0.5, 0.6) is 0 Å². The van der Waals surface area contributed by atoms with Crippen molar-refractivity contribution in [1.29, 1.82) is 0 Å². The van der Waals surface area contributed by atoms with Crippen LogP contribution < -0.4 is 9.62 Å². The first-order valence-electron chi connectivity index (χ1n) is 11.2. The summed E-state index contributed by atoms with van der Waals surface area (Å²) >= 11 is 0. The number of hydrogen-bond donors (Lipinski definition) is 1. The predicted octanol–water partition coefficient (Wildman–Crippen LogP) is 3.48. The quantitative estimate of drug-likeness (QED) is 0.482. The van der Waals surface area contributed by atoms with Gasteiger partial charge in [-0.05, 0) is 72.9 Å². The van der Waals surface area contributed by atoms with Crippen molar-refractivity contribution in [2.24, 2.45) is 0 Å². The first kappa shape index (κ1) is 24.4. The van der Waals surface area contributed by atoms with Gasteiger partial charge in [0.2, 0.25) is 0 Å². The van der Waals surface area contributed by atoms with Gasteiger partial charge in [-0.2, -0.15) is 0 Å². The monoisotopic (exact) mass is 496 g/mol. The number of nitrogens with one attached hydrogen (secondary N) is 1. The maximum Gasteiger partial charge on any atom is 0.338 e. The third-order valence-electron chi connectivity index (χ3n) is 5.73. The molecule has 9 heteroatoms. The summed E-state index contributed by atoms with van der Waals surface area (Å²) in [5, 5.41) is 2.63. The number of fused-ring (bicyclic) bond motifs is 1. The summed E-state index contributed by atoms with van der Waals surface area (Å²) in [4.78, 5) is 24.3. The Morgan fingerprint density at radius 3 is 2.43 bits per heavy atom. The lowest BCUT2D eigenvalue weighted by atomic mass is 10.0. The molecule has 3 aromatic carbocycles. The normalized spacial score (nSPS) is 13.1. The number of ether oxygens (including phenoxy) is 1. The second-order valence-electron chi connectivity index (χ2n) is 8.14. The van der Waals surface area contributed by atoms with Gasteiger partial charge in [0, 0.05) is 13.1 Å². The van der Waals surface area contributed by atoms with Crippen LogP contribution in [-0.2, 0) is 32.4 Å². The minimum Gasteiger partial charge on any atom is -0.452 e. The van der Waals surface area contributed by atoms with Crippen molar-refractivity contribution in [3.8, 4) is 0 Å². The topological polar surface area (TPSA) is 92.8 Å². The summed E-state index contributed by atoms with van der Waals surface area (Å²) in [6.45, 7) is 0.237. The van der Waals surface area contributed by atoms with Crippen molar-refractivity contribution in [3.05, 3.63) is 95.3 Å². The van der Waals surface area contributed by atoms with Gasteiger partial charge in [-0.15, -0.1) is 0 Å². The average Bonchev–Trinajstić information content (AvgIpc) is 2.88. The van der Waals surface area contributed by atoms with Crippen LogP contribution in [-0.4, -0.2) is 40.0 Å². The number of carbonyl (C=O) groups excluding carboxylic acids is 2. The maximum absolute atomic E-state index is 13.2. The third kappa shape index (κ3) is 5.86. The number of aryl methyl sites for hydroxylation is 1. The Bertz CT molecular complexity index is 1310. The summed E-state index contributed by atoms with van der Waals surface area (Å²) in [7, 11) is -3.78. The number of rotatable bonds is 8. The molecule has 1 aliphatic heterocycles. The Morgan fingerprint density at radius 2 is 1.69 bits per heavy atom. The minimum atomic E-state index is -3.78. The Morgan fingerprint density at radius 1 is 0.971 bits per heavy atom. The van der Waals surface area contributed by atoms with Crippen LogP contribution >= 0.6 is 0 Å². The van der Waals surface area contributed by atoms with Gasteiger partial charge in [0.15, 0.2) is 6.61 Å². The van der Waals surface area contributed by atoms with E-state index in [1.807, 2.05) is 18.2 Å². The Kier molecular flexibility index (Phi) is 7.45. The van der Waals surface area contributed by atoms with E-state index >= 15 is 0 Å². The van der Waals surface area contributed by atoms with Crippen molar-refractivity contribution >= 4 is 27.6 Å². The molecule has 1 aliphatic rings. The average molecular weight is 497 g/mol. The lowest BCUT2D eigenvalue weighted by Crippen LogP contribution is -2.35. The molecule has 1 heterocycles. The fraction of sp³-hybridized carbons (Fsp3) is 0.231. The van der Waals surface area contributed by atoms with Crippen LogP contribution in [0, 0.1) is 5.82 Å². The van der Waals surface area contributed by atoms with Gasteiger partial charge in [-0.25, -0.2) is 17.6 Å². The number of carbonyl (C=O) groups is 2. The summed E-state index contributed by atoms with van der Waals surface area (Å²) in [6, 6.07) is 18.9. The number of esters is 1. The molecule has 0 bridgehead atoms. The minimum absolute atomic E-state index is 0.0734. The first-order chi connectivity index (χ1) is 16.8. The summed E-state index contributed by atoms with van der Waals surface area (Å²) in [5.74, 6) is -1.53. The smallest absolute Gasteiger partial charge is 0.338 e. The molecule has 0 saturated heterocycles. The highest BCUT2D eigenvalue weighted by atomic mass is 32.2. The molecule has 1 amide bonds. The molecule has 7 nitrogen and oxygen atoms in total. The van der Waals surface area contributed by atoms with E-state index in [4.69, 9.17) is 4.74 Å². The van der Waals surface area contributed by atoms with Crippen molar-refractivity contribution < 1.29 is 27.1 Å². The van der Waals surface area contributed by atoms with Crippen LogP contribution in [0.25, 0.3) is 0 Å². The second-order valence-corrected chi connectivity index (χ2v) is 10.00. The van der Waals surface area contributed by atoms with E-state index in [9.17, 15) is 22.4 Å². The standard InChI is InChI=1S/C26H25FN2O5S/c27-22-11-7-19(8-12-22)15-16-28-25(30)18-34-26(31)21-9-13-23(14-10-21)35(32,33)29-17-3-5-20-4-1-2-6-24(20)29/h1-2,4,6-14H,3,5,15-18H2,(H,28,30). The highest BCUT2D eigenvalue weighted by molar-refractivity contribution is 7.92. The lowest BCUT2D eigenvalue weighted by Gasteiger charge is -2.30. The fourth-order valence-electron chi connectivity index (χ4n) is 3.90. The van der Waals surface area contributed by atoms with Gasteiger partial charge in [-0.1, -0.05) is 30.3 Å². The van der Waals surface area contributed by atoms with Crippen molar-refractivity contribution in [2.75, 3.05) is 24.0 Å². The van der Waals surface area contributed by atoms with Crippen LogP contribution in [0.1, 0.15) is 27.9 Å². The Balaban J connectivity index is 1.31. The zero-order chi connectivity index (χ0) is 24.8. The number of amides is 1. The largest absolute Gasteiger partial charge is 0.452 e. The molecule has 4 rings (SSSR count). The van der Waals surface area contributed by atoms with Crippen LogP contribution in [0.3, 0.4) is 0 Å². The molecular formula is C26H25FN2O5S. The number of sulfonamides is 1. The Labute approximate surface area is 203 Å². The number of para-hydroxylation sites is 1. The van der Waals surface area contributed by atoms with E-state index in [-0.39, 0.29) is 16.3 Å². The van der Waals surface area contributed by atoms with Gasteiger partial charge < -0.3 is 10.1 Å². The molecular weight excluding hydrogens is 471 g/mol. The lowest BCUT2D eigenvalue weighted by molar-refractivity contribution is -0.124. The van der Waals surface area contributed by atoms with Crippen molar-refractivity contribution in [2.45, 2.75) is 24.2 Å². The van der Waals surface area contributed by atoms with Gasteiger partial charge in [-0.3, -0.25) is 9.10 Å². The van der Waals surface area contributed by atoms with Crippen molar-refractivity contribution in [1.82, 2.24) is 5.32 Å². The van der Waals surface area contributed by atoms with E-state index < -0.39 is 28.5 Å². The van der Waals surface area contributed by atoms with E-state index in [2.05, 4.69) is 5.32 Å². The van der Waals surface area contributed by atoms with Gasteiger partial charge in [0.25, 0.3) is 15.9 Å². The van der Waals surface area contributed by atoms with E-state index in [0.717, 1.165) is 24.0 Å². The molecule has 0 fully saturated rings.